The van der Waals surface area contributed by atoms with Crippen molar-refractivity contribution in [3.05, 3.63) is 35.7 Å². The monoisotopic (exact) mass is 270 g/mol. The summed E-state index contributed by atoms with van der Waals surface area (Å²) in [4.78, 5) is 10.8. The first-order valence-corrected chi connectivity index (χ1v) is 6.88. The molecular formula is C15H14N2O3. The molecule has 0 aliphatic heterocycles. The Morgan fingerprint density at radius 3 is 2.45 bits per heavy atom. The first-order valence-electron chi connectivity index (χ1n) is 6.88. The molecule has 5 nitrogen and oxygen atoms in total. The van der Waals surface area contributed by atoms with Gasteiger partial charge in [0, 0.05) is 11.5 Å². The lowest BCUT2D eigenvalue weighted by Crippen LogP contribution is -1.95. The van der Waals surface area contributed by atoms with E-state index in [9.17, 15) is 4.79 Å². The van der Waals surface area contributed by atoms with Crippen molar-refractivity contribution in [2.45, 2.75) is 25.2 Å². The number of carboxylic acids is 1. The number of hydrogen-bond donors (Lipinski definition) is 1. The van der Waals surface area contributed by atoms with Crippen molar-refractivity contribution >= 4 is 5.97 Å². The molecule has 5 heteroatoms. The topological polar surface area (TPSA) is 76.2 Å². The van der Waals surface area contributed by atoms with Gasteiger partial charge in [-0.25, -0.2) is 4.79 Å². The number of carboxylic acid groups (broad SMARTS) is 1. The Morgan fingerprint density at radius 1 is 1.10 bits per heavy atom. The van der Waals surface area contributed by atoms with Crippen LogP contribution in [0.5, 0.6) is 0 Å². The second-order valence-electron chi connectivity index (χ2n) is 5.75. The summed E-state index contributed by atoms with van der Waals surface area (Å²) in [6.45, 7) is 0. The Labute approximate surface area is 115 Å². The van der Waals surface area contributed by atoms with E-state index in [-0.39, 0.29) is 5.56 Å². The van der Waals surface area contributed by atoms with Crippen molar-refractivity contribution in [3.8, 4) is 11.5 Å². The van der Waals surface area contributed by atoms with Gasteiger partial charge in [0.15, 0.2) is 0 Å². The van der Waals surface area contributed by atoms with Gasteiger partial charge in [-0.3, -0.25) is 0 Å². The third-order valence-corrected chi connectivity index (χ3v) is 4.41. The fourth-order valence-corrected chi connectivity index (χ4v) is 3.19. The summed E-state index contributed by atoms with van der Waals surface area (Å²) < 4.78 is 5.75. The van der Waals surface area contributed by atoms with E-state index in [4.69, 9.17) is 9.52 Å². The maximum Gasteiger partial charge on any atom is 0.335 e. The molecule has 0 saturated heterocycles. The minimum Gasteiger partial charge on any atom is -0.478 e. The molecule has 2 aromatic rings. The largest absolute Gasteiger partial charge is 0.478 e. The van der Waals surface area contributed by atoms with Crippen LogP contribution in [0.15, 0.2) is 28.7 Å². The number of carbonyl (C=O) groups is 1. The summed E-state index contributed by atoms with van der Waals surface area (Å²) >= 11 is 0. The summed E-state index contributed by atoms with van der Waals surface area (Å²) in [5.41, 5.74) is 1.02. The van der Waals surface area contributed by atoms with E-state index in [0.717, 1.165) is 23.3 Å². The highest BCUT2D eigenvalue weighted by atomic mass is 16.4. The summed E-state index contributed by atoms with van der Waals surface area (Å²) in [6, 6.07) is 6.50. The maximum absolute atomic E-state index is 10.8. The predicted molar refractivity (Wildman–Crippen MR) is 70.3 cm³/mol. The molecule has 2 fully saturated rings. The minimum atomic E-state index is -0.937. The molecular weight excluding hydrogens is 256 g/mol. The fraction of sp³-hybridized carbons (Fsp3) is 0.400. The van der Waals surface area contributed by atoms with Crippen LogP contribution in [0.2, 0.25) is 0 Å². The Morgan fingerprint density at radius 2 is 1.80 bits per heavy atom. The first kappa shape index (κ1) is 11.6. The molecule has 0 bridgehead atoms. The first-order chi connectivity index (χ1) is 9.70. The van der Waals surface area contributed by atoms with Crippen LogP contribution in [0.1, 0.15) is 41.4 Å². The van der Waals surface area contributed by atoms with Gasteiger partial charge in [-0.05, 0) is 55.4 Å². The van der Waals surface area contributed by atoms with Crippen LogP contribution in [-0.2, 0) is 0 Å². The number of fused-ring (bicyclic) bond motifs is 1. The molecule has 2 aliphatic carbocycles. The van der Waals surface area contributed by atoms with Crippen LogP contribution in [0.25, 0.3) is 11.5 Å². The zero-order valence-corrected chi connectivity index (χ0v) is 10.8. The molecule has 0 amide bonds. The number of hydrogen-bond acceptors (Lipinski definition) is 4. The van der Waals surface area contributed by atoms with E-state index in [1.807, 2.05) is 0 Å². The molecule has 2 saturated carbocycles. The summed E-state index contributed by atoms with van der Waals surface area (Å²) in [6.07, 6.45) is 3.71. The van der Waals surface area contributed by atoms with Gasteiger partial charge < -0.3 is 9.52 Å². The van der Waals surface area contributed by atoms with Crippen LogP contribution < -0.4 is 0 Å². The number of aromatic nitrogens is 2. The number of rotatable bonds is 3. The molecule has 102 valence electrons. The Kier molecular flexibility index (Phi) is 2.42. The Balaban J connectivity index is 1.56. The quantitative estimate of drug-likeness (QED) is 0.927. The van der Waals surface area contributed by atoms with Gasteiger partial charge in [0.2, 0.25) is 11.8 Å². The third-order valence-electron chi connectivity index (χ3n) is 4.41. The number of nitrogens with zero attached hydrogens (tertiary/aromatic N) is 2. The zero-order chi connectivity index (χ0) is 13.7. The van der Waals surface area contributed by atoms with Crippen LogP contribution in [0.3, 0.4) is 0 Å². The Bertz CT molecular complexity index is 652. The zero-order valence-electron chi connectivity index (χ0n) is 10.8. The fourth-order valence-electron chi connectivity index (χ4n) is 3.19. The maximum atomic E-state index is 10.8. The van der Waals surface area contributed by atoms with E-state index >= 15 is 0 Å². The molecule has 0 radical (unpaired) electrons. The van der Waals surface area contributed by atoms with Crippen LogP contribution in [0.4, 0.5) is 0 Å². The molecule has 1 heterocycles. The lowest BCUT2D eigenvalue weighted by Gasteiger charge is -2.04. The molecule has 0 spiro atoms. The number of aromatic carboxylic acids is 1. The van der Waals surface area contributed by atoms with Crippen molar-refractivity contribution < 1.29 is 14.3 Å². The van der Waals surface area contributed by atoms with Crippen molar-refractivity contribution in [3.63, 3.8) is 0 Å². The second kappa shape index (κ2) is 4.16. The van der Waals surface area contributed by atoms with E-state index in [1.54, 1.807) is 24.3 Å². The van der Waals surface area contributed by atoms with E-state index in [1.165, 1.54) is 19.3 Å². The lowest BCUT2D eigenvalue weighted by atomic mass is 10.0. The highest BCUT2D eigenvalue weighted by Gasteiger charge is 2.47. The summed E-state index contributed by atoms with van der Waals surface area (Å²) in [5, 5.41) is 17.1. The molecule has 1 aromatic heterocycles. The van der Waals surface area contributed by atoms with E-state index < -0.39 is 5.97 Å². The van der Waals surface area contributed by atoms with Gasteiger partial charge in [0.05, 0.1) is 5.56 Å². The average Bonchev–Trinajstić information content (AvgIpc) is 2.91. The van der Waals surface area contributed by atoms with Crippen LogP contribution in [-0.4, -0.2) is 21.3 Å². The smallest absolute Gasteiger partial charge is 0.335 e. The molecule has 4 rings (SSSR count). The molecule has 1 N–H and O–H groups in total. The molecule has 2 atom stereocenters. The minimum absolute atomic E-state index is 0.254. The third kappa shape index (κ3) is 1.90. The SMILES string of the molecule is O=C(O)c1ccc(-c2nnc(C3CC4CC4C3)o2)cc1. The van der Waals surface area contributed by atoms with Gasteiger partial charge in [0.25, 0.3) is 0 Å². The Hall–Kier alpha value is -2.17. The van der Waals surface area contributed by atoms with E-state index in [2.05, 4.69) is 10.2 Å². The summed E-state index contributed by atoms with van der Waals surface area (Å²) in [5.74, 6) is 2.44. The highest BCUT2D eigenvalue weighted by Crippen LogP contribution is 2.57. The van der Waals surface area contributed by atoms with Crippen molar-refractivity contribution in [2.75, 3.05) is 0 Å². The van der Waals surface area contributed by atoms with Gasteiger partial charge in [0.1, 0.15) is 0 Å². The standard InChI is InChI=1S/C15H14N2O3/c18-15(19)9-3-1-8(2-4-9)13-16-17-14(20-13)12-6-10-5-11(10)7-12/h1-4,10-12H,5-7H2,(H,18,19). The van der Waals surface area contributed by atoms with Crippen molar-refractivity contribution in [2.24, 2.45) is 11.8 Å². The highest BCUT2D eigenvalue weighted by molar-refractivity contribution is 5.88. The van der Waals surface area contributed by atoms with Crippen molar-refractivity contribution in [1.29, 1.82) is 0 Å². The number of benzene rings is 1. The van der Waals surface area contributed by atoms with Crippen LogP contribution >= 0.6 is 0 Å². The molecule has 2 aliphatic rings. The van der Waals surface area contributed by atoms with Gasteiger partial charge in [-0.15, -0.1) is 10.2 Å². The van der Waals surface area contributed by atoms with E-state index in [0.29, 0.717) is 11.8 Å². The second-order valence-corrected chi connectivity index (χ2v) is 5.75. The van der Waals surface area contributed by atoms with Gasteiger partial charge >= 0.3 is 5.97 Å². The summed E-state index contributed by atoms with van der Waals surface area (Å²) in [7, 11) is 0. The normalized spacial score (nSPS) is 27.3. The van der Waals surface area contributed by atoms with Crippen molar-refractivity contribution in [1.82, 2.24) is 10.2 Å². The molecule has 1 aromatic carbocycles. The van der Waals surface area contributed by atoms with Crippen LogP contribution in [0, 0.1) is 11.8 Å². The molecule has 2 unspecified atom stereocenters. The van der Waals surface area contributed by atoms with Gasteiger partial charge in [-0.1, -0.05) is 0 Å². The average molecular weight is 270 g/mol. The van der Waals surface area contributed by atoms with Gasteiger partial charge in [-0.2, -0.15) is 0 Å². The predicted octanol–water partition coefficient (Wildman–Crippen LogP) is 2.95. The lowest BCUT2D eigenvalue weighted by molar-refractivity contribution is 0.0697. The molecule has 20 heavy (non-hydrogen) atoms.